The minimum atomic E-state index is 0.298. The molecule has 1 aliphatic carbocycles. The van der Waals surface area contributed by atoms with Gasteiger partial charge in [0.2, 0.25) is 0 Å². The summed E-state index contributed by atoms with van der Waals surface area (Å²) in [6.07, 6.45) is 9.47. The largest absolute Gasteiger partial charge is 0.382 e. The van der Waals surface area contributed by atoms with Gasteiger partial charge in [-0.15, -0.1) is 0 Å². The summed E-state index contributed by atoms with van der Waals surface area (Å²) in [7, 11) is 0. The van der Waals surface area contributed by atoms with Gasteiger partial charge in [-0.1, -0.05) is 18.0 Å². The van der Waals surface area contributed by atoms with Crippen molar-refractivity contribution in [2.45, 2.75) is 44.7 Å². The third-order valence-electron chi connectivity index (χ3n) is 6.67. The van der Waals surface area contributed by atoms with Crippen LogP contribution in [0.25, 0.3) is 0 Å². The van der Waals surface area contributed by atoms with E-state index in [1.54, 1.807) is 6.20 Å². The van der Waals surface area contributed by atoms with E-state index in [1.807, 2.05) is 12.3 Å². The second-order valence-corrected chi connectivity index (χ2v) is 8.47. The van der Waals surface area contributed by atoms with E-state index in [4.69, 9.17) is 28.1 Å². The quantitative estimate of drug-likeness (QED) is 0.806. The zero-order valence-electron chi connectivity index (χ0n) is 15.7. The Kier molecular flexibility index (Phi) is 4.25. The minimum absolute atomic E-state index is 0.298. The summed E-state index contributed by atoms with van der Waals surface area (Å²) in [5.74, 6) is 1.23. The number of anilines is 2. The second kappa shape index (κ2) is 6.67. The zero-order chi connectivity index (χ0) is 19.3. The molecule has 0 amide bonds. The van der Waals surface area contributed by atoms with E-state index in [1.165, 1.54) is 19.3 Å². The molecule has 0 radical (unpaired) electrons. The number of nitrogens with zero attached hydrogens (tertiary/aromatic N) is 5. The van der Waals surface area contributed by atoms with Crippen molar-refractivity contribution < 1.29 is 0 Å². The maximum absolute atomic E-state index is 6.41. The second-order valence-electron chi connectivity index (χ2n) is 8.09. The molecule has 28 heavy (non-hydrogen) atoms. The first kappa shape index (κ1) is 17.8. The van der Waals surface area contributed by atoms with Crippen molar-refractivity contribution in [1.29, 1.82) is 0 Å². The van der Waals surface area contributed by atoms with Gasteiger partial charge in [-0.3, -0.25) is 4.99 Å². The Labute approximate surface area is 169 Å². The molecule has 4 N–H and O–H groups in total. The highest BCUT2D eigenvalue weighted by atomic mass is 35.5. The van der Waals surface area contributed by atoms with Crippen molar-refractivity contribution >= 4 is 28.9 Å². The lowest BCUT2D eigenvalue weighted by atomic mass is 9.74. The van der Waals surface area contributed by atoms with Crippen LogP contribution in [0, 0.1) is 5.41 Å². The average Bonchev–Trinajstić information content (AvgIpc) is 3.28. The number of nitrogen functional groups attached to an aromatic ring is 1. The summed E-state index contributed by atoms with van der Waals surface area (Å²) in [5, 5.41) is 0.411. The summed E-state index contributed by atoms with van der Waals surface area (Å²) >= 11 is 6.33. The molecule has 8 heteroatoms. The van der Waals surface area contributed by atoms with Crippen LogP contribution < -0.4 is 16.4 Å². The van der Waals surface area contributed by atoms with Crippen LogP contribution in [0.2, 0.25) is 5.02 Å². The smallest absolute Gasteiger partial charge is 0.147 e. The first-order valence-electron chi connectivity index (χ1n) is 9.89. The summed E-state index contributed by atoms with van der Waals surface area (Å²) in [6.45, 7) is 2.48. The Morgan fingerprint density at radius 2 is 2.00 bits per heavy atom. The van der Waals surface area contributed by atoms with Gasteiger partial charge in [0, 0.05) is 30.9 Å². The van der Waals surface area contributed by atoms with E-state index in [0.29, 0.717) is 28.8 Å². The standard InChI is InChI=1S/C20H24ClN7/c21-16-12(3-7-24-19(16)23)17-18-13(10-25-17)27-15(11-26-18)28-8-5-20(6-9-28)4-1-2-14(20)22/h3,7,11,14H,1-2,4-6,8-10,22H2,(H2,23,24)/t14-/m1/s1. The van der Waals surface area contributed by atoms with E-state index >= 15 is 0 Å². The number of hydrogen-bond acceptors (Lipinski definition) is 7. The molecule has 2 fully saturated rings. The van der Waals surface area contributed by atoms with Gasteiger partial charge in [-0.25, -0.2) is 15.0 Å². The van der Waals surface area contributed by atoms with Gasteiger partial charge in [-0.05, 0) is 37.2 Å². The summed E-state index contributed by atoms with van der Waals surface area (Å²) in [6, 6.07) is 2.17. The number of nitrogens with two attached hydrogens (primary N) is 2. The number of aliphatic imine (C=N–C) groups is 1. The first-order valence-corrected chi connectivity index (χ1v) is 10.3. The Morgan fingerprint density at radius 3 is 2.75 bits per heavy atom. The maximum Gasteiger partial charge on any atom is 0.147 e. The van der Waals surface area contributed by atoms with Gasteiger partial charge in [0.05, 0.1) is 29.2 Å². The van der Waals surface area contributed by atoms with E-state index in [0.717, 1.165) is 54.4 Å². The van der Waals surface area contributed by atoms with Crippen LogP contribution in [-0.2, 0) is 6.54 Å². The first-order chi connectivity index (χ1) is 13.6. The minimum Gasteiger partial charge on any atom is -0.382 e. The number of fused-ring (bicyclic) bond motifs is 1. The summed E-state index contributed by atoms with van der Waals surface area (Å²) < 4.78 is 0. The summed E-state index contributed by atoms with van der Waals surface area (Å²) in [4.78, 5) is 20.5. The van der Waals surface area contributed by atoms with E-state index < -0.39 is 0 Å². The Morgan fingerprint density at radius 1 is 1.18 bits per heavy atom. The number of pyridine rings is 1. The highest BCUT2D eigenvalue weighted by molar-refractivity contribution is 6.37. The highest BCUT2D eigenvalue weighted by Gasteiger charge is 2.43. The van der Waals surface area contributed by atoms with Crippen LogP contribution in [-0.4, -0.2) is 39.8 Å². The normalized spacial score (nSPS) is 23.1. The molecule has 7 nitrogen and oxygen atoms in total. The van der Waals surface area contributed by atoms with Crippen LogP contribution >= 0.6 is 11.6 Å². The van der Waals surface area contributed by atoms with E-state index in [9.17, 15) is 0 Å². The molecule has 146 valence electrons. The van der Waals surface area contributed by atoms with E-state index in [-0.39, 0.29) is 0 Å². The zero-order valence-corrected chi connectivity index (χ0v) is 16.5. The number of hydrogen-bond donors (Lipinski definition) is 2. The Bertz CT molecular complexity index is 950. The number of rotatable bonds is 2. The fourth-order valence-electron chi connectivity index (χ4n) is 4.93. The van der Waals surface area contributed by atoms with Gasteiger partial charge in [0.15, 0.2) is 0 Å². The third-order valence-corrected chi connectivity index (χ3v) is 7.07. The van der Waals surface area contributed by atoms with Gasteiger partial charge in [0.25, 0.3) is 0 Å². The molecule has 1 spiro atoms. The molecule has 0 aromatic carbocycles. The molecule has 0 bridgehead atoms. The van der Waals surface area contributed by atoms with Gasteiger partial charge >= 0.3 is 0 Å². The van der Waals surface area contributed by atoms with Crippen molar-refractivity contribution in [3.05, 3.63) is 40.4 Å². The van der Waals surface area contributed by atoms with Crippen LogP contribution in [0.5, 0.6) is 0 Å². The van der Waals surface area contributed by atoms with Crippen molar-refractivity contribution in [1.82, 2.24) is 15.0 Å². The van der Waals surface area contributed by atoms with Crippen molar-refractivity contribution in [3.8, 4) is 0 Å². The lowest BCUT2D eigenvalue weighted by Crippen LogP contribution is -2.47. The topological polar surface area (TPSA) is 106 Å². The van der Waals surface area contributed by atoms with Gasteiger partial charge in [-0.2, -0.15) is 0 Å². The Hall–Kier alpha value is -2.25. The number of aromatic nitrogens is 3. The summed E-state index contributed by atoms with van der Waals surface area (Å²) in [5.41, 5.74) is 15.8. The van der Waals surface area contributed by atoms with Crippen molar-refractivity contribution in [2.24, 2.45) is 16.1 Å². The van der Waals surface area contributed by atoms with Crippen molar-refractivity contribution in [2.75, 3.05) is 23.7 Å². The number of halogens is 1. The molecule has 2 aromatic rings. The molecule has 4 heterocycles. The number of piperidine rings is 1. The lowest BCUT2D eigenvalue weighted by Gasteiger charge is -2.42. The SMILES string of the molecule is Nc1nccc(C2=NCc3nc(N4CCC5(CCC[C@H]5N)CC4)cnc32)c1Cl. The molecule has 5 rings (SSSR count). The molecule has 0 unspecified atom stereocenters. The van der Waals surface area contributed by atoms with E-state index in [2.05, 4.69) is 19.9 Å². The third kappa shape index (κ3) is 2.76. The molecular weight excluding hydrogens is 374 g/mol. The van der Waals surface area contributed by atoms with Gasteiger partial charge < -0.3 is 16.4 Å². The maximum atomic E-state index is 6.41. The van der Waals surface area contributed by atoms with Crippen LogP contribution in [0.4, 0.5) is 11.6 Å². The molecule has 1 atom stereocenters. The predicted octanol–water partition coefficient (Wildman–Crippen LogP) is 2.56. The monoisotopic (exact) mass is 397 g/mol. The fraction of sp³-hybridized carbons (Fsp3) is 0.500. The fourth-order valence-corrected chi connectivity index (χ4v) is 5.13. The van der Waals surface area contributed by atoms with Gasteiger partial charge in [0.1, 0.15) is 17.3 Å². The Balaban J connectivity index is 1.36. The van der Waals surface area contributed by atoms with Crippen LogP contribution in [0.3, 0.4) is 0 Å². The highest BCUT2D eigenvalue weighted by Crippen LogP contribution is 2.45. The predicted molar refractivity (Wildman–Crippen MR) is 111 cm³/mol. The average molecular weight is 398 g/mol. The molecule has 3 aliphatic rings. The lowest BCUT2D eigenvalue weighted by molar-refractivity contribution is 0.197. The molecule has 1 saturated heterocycles. The molecular formula is C20H24ClN7. The van der Waals surface area contributed by atoms with Crippen molar-refractivity contribution in [3.63, 3.8) is 0 Å². The molecule has 1 saturated carbocycles. The molecule has 2 aliphatic heterocycles. The van der Waals surface area contributed by atoms with Crippen LogP contribution in [0.1, 0.15) is 49.1 Å². The van der Waals surface area contributed by atoms with Crippen LogP contribution in [0.15, 0.2) is 23.5 Å². The molecule has 2 aromatic heterocycles.